The average molecular weight is 389 g/mol. The predicted octanol–water partition coefficient (Wildman–Crippen LogP) is 2.88. The van der Waals surface area contributed by atoms with E-state index >= 15 is 0 Å². The molecule has 2 fully saturated rings. The highest BCUT2D eigenvalue weighted by Crippen LogP contribution is 2.28. The van der Waals surface area contributed by atoms with Gasteiger partial charge in [0.05, 0.1) is 11.4 Å². The first-order valence-electron chi connectivity index (χ1n) is 9.83. The first kappa shape index (κ1) is 19.9. The quantitative estimate of drug-likeness (QED) is 0.729. The van der Waals surface area contributed by atoms with E-state index in [1.165, 1.54) is 10.7 Å². The molecule has 2 aliphatic rings. The summed E-state index contributed by atoms with van der Waals surface area (Å²) >= 11 is 0. The number of rotatable bonds is 5. The fourth-order valence-corrected chi connectivity index (χ4v) is 5.69. The van der Waals surface area contributed by atoms with Crippen molar-refractivity contribution in [1.29, 1.82) is 0 Å². The van der Waals surface area contributed by atoms with E-state index < -0.39 is 10.0 Å². The number of nitrogens with zero attached hydrogens (tertiary/aromatic N) is 2. The van der Waals surface area contributed by atoms with Crippen LogP contribution < -0.4 is 0 Å². The van der Waals surface area contributed by atoms with Gasteiger partial charge in [-0.3, -0.25) is 4.79 Å². The van der Waals surface area contributed by atoms with Crippen LogP contribution in [0.5, 0.6) is 0 Å². The average Bonchev–Trinajstić information content (AvgIpc) is 2.73. The zero-order valence-corrected chi connectivity index (χ0v) is 16.5. The number of amides is 1. The van der Waals surface area contributed by atoms with Crippen LogP contribution in [0.25, 0.3) is 0 Å². The Balaban J connectivity index is 1.64. The Morgan fingerprint density at radius 3 is 2.30 bits per heavy atom. The highest BCUT2D eigenvalue weighted by Gasteiger charge is 2.35. The molecule has 1 heterocycles. The zero-order chi connectivity index (χ0) is 19.3. The SMILES string of the molecule is C#CCN(C(=O)C1CCN(S(=O)(=O)c2ccccc2)CC1)C1CCCCC1. The lowest BCUT2D eigenvalue weighted by Crippen LogP contribution is -2.48. The van der Waals surface area contributed by atoms with Crippen LogP contribution in [0, 0.1) is 18.3 Å². The summed E-state index contributed by atoms with van der Waals surface area (Å²) in [7, 11) is -3.49. The van der Waals surface area contributed by atoms with Crippen LogP contribution in [0.3, 0.4) is 0 Å². The number of hydrogen-bond donors (Lipinski definition) is 0. The molecule has 0 aromatic heterocycles. The second kappa shape index (κ2) is 8.90. The van der Waals surface area contributed by atoms with Gasteiger partial charge in [0.2, 0.25) is 15.9 Å². The summed E-state index contributed by atoms with van der Waals surface area (Å²) in [5.41, 5.74) is 0. The number of sulfonamides is 1. The standard InChI is InChI=1S/C21H28N2O3S/c1-2-15-23(19-9-5-3-6-10-19)21(24)18-13-16-22(17-14-18)27(25,26)20-11-7-4-8-12-20/h1,4,7-8,11-12,18-19H,3,5-6,9-10,13-17H2. The minimum atomic E-state index is -3.49. The van der Waals surface area contributed by atoms with Crippen molar-refractivity contribution in [3.63, 3.8) is 0 Å². The van der Waals surface area contributed by atoms with Crippen LogP contribution in [-0.4, -0.2) is 49.2 Å². The third-order valence-corrected chi connectivity index (χ3v) is 7.66. The molecule has 1 aliphatic heterocycles. The van der Waals surface area contributed by atoms with E-state index in [2.05, 4.69) is 5.92 Å². The summed E-state index contributed by atoms with van der Waals surface area (Å²) in [5, 5.41) is 0. The zero-order valence-electron chi connectivity index (χ0n) is 15.7. The molecule has 1 amide bonds. The lowest BCUT2D eigenvalue weighted by atomic mass is 9.91. The molecule has 0 spiro atoms. The lowest BCUT2D eigenvalue weighted by Gasteiger charge is -2.38. The maximum absolute atomic E-state index is 13.1. The summed E-state index contributed by atoms with van der Waals surface area (Å²) in [6.45, 7) is 1.11. The molecule has 1 saturated carbocycles. The van der Waals surface area contributed by atoms with Crippen LogP contribution in [-0.2, 0) is 14.8 Å². The van der Waals surface area contributed by atoms with Crippen LogP contribution in [0.15, 0.2) is 35.2 Å². The van der Waals surface area contributed by atoms with Gasteiger partial charge in [0, 0.05) is 25.0 Å². The third-order valence-electron chi connectivity index (χ3n) is 5.74. The van der Waals surface area contributed by atoms with Crippen molar-refractivity contribution >= 4 is 15.9 Å². The Labute approximate surface area is 162 Å². The summed E-state index contributed by atoms with van der Waals surface area (Å²) in [4.78, 5) is 15.3. The number of benzene rings is 1. The minimum Gasteiger partial charge on any atom is -0.328 e. The second-order valence-electron chi connectivity index (χ2n) is 7.45. The lowest BCUT2D eigenvalue weighted by molar-refractivity contribution is -0.139. The topological polar surface area (TPSA) is 57.7 Å². The van der Waals surface area contributed by atoms with E-state index in [-0.39, 0.29) is 17.9 Å². The van der Waals surface area contributed by atoms with Crippen molar-refractivity contribution < 1.29 is 13.2 Å². The monoisotopic (exact) mass is 388 g/mol. The van der Waals surface area contributed by atoms with Crippen LogP contribution in [0.4, 0.5) is 0 Å². The highest BCUT2D eigenvalue weighted by atomic mass is 32.2. The largest absolute Gasteiger partial charge is 0.328 e. The van der Waals surface area contributed by atoms with Gasteiger partial charge < -0.3 is 4.90 Å². The van der Waals surface area contributed by atoms with Crippen molar-refractivity contribution in [3.05, 3.63) is 30.3 Å². The summed E-state index contributed by atoms with van der Waals surface area (Å²) in [5.74, 6) is 2.61. The molecule has 27 heavy (non-hydrogen) atoms. The van der Waals surface area contributed by atoms with E-state index in [9.17, 15) is 13.2 Å². The molecule has 5 nitrogen and oxygen atoms in total. The Kier molecular flexibility index (Phi) is 6.56. The van der Waals surface area contributed by atoms with Gasteiger partial charge in [-0.05, 0) is 37.8 Å². The molecule has 0 atom stereocenters. The molecule has 0 N–H and O–H groups in total. The van der Waals surface area contributed by atoms with Crippen molar-refractivity contribution in [2.45, 2.75) is 55.9 Å². The highest BCUT2D eigenvalue weighted by molar-refractivity contribution is 7.89. The Morgan fingerprint density at radius 2 is 1.70 bits per heavy atom. The molecule has 3 rings (SSSR count). The Bertz CT molecular complexity index is 771. The van der Waals surface area contributed by atoms with Crippen molar-refractivity contribution in [2.75, 3.05) is 19.6 Å². The number of carbonyl (C=O) groups excluding carboxylic acids is 1. The van der Waals surface area contributed by atoms with Gasteiger partial charge in [-0.15, -0.1) is 6.42 Å². The fraction of sp³-hybridized carbons (Fsp3) is 0.571. The second-order valence-corrected chi connectivity index (χ2v) is 9.39. The molecule has 146 valence electrons. The van der Waals surface area contributed by atoms with Crippen LogP contribution >= 0.6 is 0 Å². The molecule has 6 heteroatoms. The molecule has 0 radical (unpaired) electrons. The van der Waals surface area contributed by atoms with E-state index in [1.54, 1.807) is 30.3 Å². The van der Waals surface area contributed by atoms with Gasteiger partial charge in [-0.25, -0.2) is 8.42 Å². The summed E-state index contributed by atoms with van der Waals surface area (Å²) < 4.78 is 27.0. The van der Waals surface area contributed by atoms with Crippen LogP contribution in [0.1, 0.15) is 44.9 Å². The molecule has 1 saturated heterocycles. The van der Waals surface area contributed by atoms with Gasteiger partial charge in [-0.1, -0.05) is 43.4 Å². The van der Waals surface area contributed by atoms with E-state index in [0.29, 0.717) is 37.4 Å². The van der Waals surface area contributed by atoms with Crippen molar-refractivity contribution in [3.8, 4) is 12.3 Å². The van der Waals surface area contributed by atoms with Gasteiger partial charge in [-0.2, -0.15) is 4.31 Å². The maximum Gasteiger partial charge on any atom is 0.243 e. The molecule has 1 aromatic carbocycles. The van der Waals surface area contributed by atoms with E-state index in [1.807, 2.05) is 4.90 Å². The smallest absolute Gasteiger partial charge is 0.243 e. The van der Waals surface area contributed by atoms with Crippen LogP contribution in [0.2, 0.25) is 0 Å². The first-order valence-corrected chi connectivity index (χ1v) is 11.3. The molecule has 0 unspecified atom stereocenters. The van der Waals surface area contributed by atoms with Crippen molar-refractivity contribution in [1.82, 2.24) is 9.21 Å². The normalized spacial score (nSPS) is 20.1. The maximum atomic E-state index is 13.1. The molecular formula is C21H28N2O3S. The van der Waals surface area contributed by atoms with Gasteiger partial charge in [0.25, 0.3) is 0 Å². The fourth-order valence-electron chi connectivity index (χ4n) is 4.20. The number of terminal acetylenes is 1. The third kappa shape index (κ3) is 4.53. The Morgan fingerprint density at radius 1 is 1.07 bits per heavy atom. The van der Waals surface area contributed by atoms with E-state index in [0.717, 1.165) is 25.7 Å². The van der Waals surface area contributed by atoms with Gasteiger partial charge in [0.15, 0.2) is 0 Å². The predicted molar refractivity (Wildman–Crippen MR) is 105 cm³/mol. The summed E-state index contributed by atoms with van der Waals surface area (Å²) in [6.07, 6.45) is 12.2. The van der Waals surface area contributed by atoms with Gasteiger partial charge >= 0.3 is 0 Å². The number of hydrogen-bond acceptors (Lipinski definition) is 3. The molecule has 0 bridgehead atoms. The molecular weight excluding hydrogens is 360 g/mol. The minimum absolute atomic E-state index is 0.108. The number of carbonyl (C=O) groups is 1. The van der Waals surface area contributed by atoms with Crippen molar-refractivity contribution in [2.24, 2.45) is 5.92 Å². The number of piperidine rings is 1. The summed E-state index contributed by atoms with van der Waals surface area (Å²) in [6, 6.07) is 8.73. The molecule has 1 aromatic rings. The molecule has 1 aliphatic carbocycles. The Hall–Kier alpha value is -1.84. The first-order chi connectivity index (χ1) is 13.0. The van der Waals surface area contributed by atoms with E-state index in [4.69, 9.17) is 6.42 Å². The van der Waals surface area contributed by atoms with Gasteiger partial charge in [0.1, 0.15) is 0 Å².